The fourth-order valence-electron chi connectivity index (χ4n) is 1.68. The van der Waals surface area contributed by atoms with Crippen LogP contribution < -0.4 is 0 Å². The quantitative estimate of drug-likeness (QED) is 0.594. The number of likely N-dealkylation sites (N-methyl/N-ethyl adjacent to an activating group) is 1. The number of hydrogen-bond acceptors (Lipinski definition) is 4. The van der Waals surface area contributed by atoms with Crippen molar-refractivity contribution in [1.82, 2.24) is 9.80 Å². The summed E-state index contributed by atoms with van der Waals surface area (Å²) < 4.78 is 0. The summed E-state index contributed by atoms with van der Waals surface area (Å²) in [7, 11) is 2.09. The molecule has 1 rings (SSSR count). The van der Waals surface area contributed by atoms with E-state index in [2.05, 4.69) is 36.4 Å². The predicted octanol–water partition coefficient (Wildman–Crippen LogP) is -0.130. The molecule has 0 aromatic heterocycles. The predicted molar refractivity (Wildman–Crippen MR) is 53.5 cm³/mol. The van der Waals surface area contributed by atoms with Crippen LogP contribution in [0.1, 0.15) is 6.92 Å². The maximum Gasteiger partial charge on any atom is 0.0599 e. The Morgan fingerprint density at radius 2 is 2.25 bits per heavy atom. The molecule has 0 saturated carbocycles. The lowest BCUT2D eigenvalue weighted by atomic mass is 10.2. The highest BCUT2D eigenvalue weighted by Crippen LogP contribution is 2.13. The van der Waals surface area contributed by atoms with Gasteiger partial charge in [-0.15, -0.1) is 0 Å². The van der Waals surface area contributed by atoms with Gasteiger partial charge in [-0.3, -0.25) is 4.90 Å². The van der Waals surface area contributed by atoms with Gasteiger partial charge in [0.25, 0.3) is 0 Å². The summed E-state index contributed by atoms with van der Waals surface area (Å²) in [5, 5.41) is 9.37. The number of nitrogens with zero attached hydrogens (tertiary/aromatic N) is 2. The van der Waals surface area contributed by atoms with Crippen molar-refractivity contribution in [3.8, 4) is 0 Å². The van der Waals surface area contributed by atoms with Crippen molar-refractivity contribution in [2.75, 3.05) is 33.3 Å². The van der Waals surface area contributed by atoms with Gasteiger partial charge in [0.15, 0.2) is 0 Å². The summed E-state index contributed by atoms with van der Waals surface area (Å²) in [5.41, 5.74) is 0. The molecule has 0 aromatic rings. The second-order valence-electron chi connectivity index (χ2n) is 3.47. The molecule has 1 N–H and O–H groups in total. The Hall–Kier alpha value is 0.230. The van der Waals surface area contributed by atoms with Gasteiger partial charge in [0, 0.05) is 25.7 Å². The van der Waals surface area contributed by atoms with Gasteiger partial charge in [-0.05, 0) is 14.0 Å². The smallest absolute Gasteiger partial charge is 0.0599 e. The summed E-state index contributed by atoms with van der Waals surface area (Å²) in [4.78, 5) is 4.48. The number of aliphatic hydroxyl groups excluding tert-OH is 1. The lowest BCUT2D eigenvalue weighted by Gasteiger charge is -2.41. The van der Waals surface area contributed by atoms with Crippen molar-refractivity contribution in [3.63, 3.8) is 0 Å². The molecule has 3 nitrogen and oxygen atoms in total. The minimum absolute atomic E-state index is 0.231. The first kappa shape index (κ1) is 10.3. The Kier molecular flexibility index (Phi) is 3.83. The van der Waals surface area contributed by atoms with E-state index in [1.54, 1.807) is 0 Å². The third kappa shape index (κ3) is 2.36. The zero-order valence-electron chi connectivity index (χ0n) is 7.77. The normalized spacial score (nSPS) is 30.5. The largest absolute Gasteiger partial charge is 0.395 e. The summed E-state index contributed by atoms with van der Waals surface area (Å²) in [6.45, 7) is 5.31. The maximum atomic E-state index is 9.13. The van der Waals surface area contributed by atoms with Gasteiger partial charge in [-0.2, -0.15) is 12.6 Å². The van der Waals surface area contributed by atoms with Crippen LogP contribution in [0.2, 0.25) is 0 Å². The van der Waals surface area contributed by atoms with Gasteiger partial charge in [0.1, 0.15) is 0 Å². The monoisotopic (exact) mass is 190 g/mol. The molecule has 12 heavy (non-hydrogen) atoms. The summed E-state index contributed by atoms with van der Waals surface area (Å²) >= 11 is 4.38. The van der Waals surface area contributed by atoms with Gasteiger partial charge in [0.05, 0.1) is 12.0 Å². The van der Waals surface area contributed by atoms with Crippen molar-refractivity contribution in [3.05, 3.63) is 0 Å². The lowest BCUT2D eigenvalue weighted by molar-refractivity contribution is 0.0476. The third-order valence-corrected chi connectivity index (χ3v) is 2.72. The van der Waals surface area contributed by atoms with E-state index in [0.717, 1.165) is 19.6 Å². The third-order valence-electron chi connectivity index (χ3n) is 2.42. The maximum absolute atomic E-state index is 9.13. The Morgan fingerprint density at radius 3 is 2.75 bits per heavy atom. The molecule has 2 atom stereocenters. The summed E-state index contributed by atoms with van der Waals surface area (Å²) in [5.74, 6) is 0. The highest BCUT2D eigenvalue weighted by Gasteiger charge is 2.26. The fourth-order valence-corrected chi connectivity index (χ4v) is 1.98. The average molecular weight is 190 g/mol. The zero-order chi connectivity index (χ0) is 9.14. The molecule has 1 heterocycles. The SMILES string of the molecule is CC(S)N1CCN(C)C[C@H]1CO. The minimum Gasteiger partial charge on any atom is -0.395 e. The molecule has 0 amide bonds. The van der Waals surface area contributed by atoms with Crippen molar-refractivity contribution in [2.24, 2.45) is 0 Å². The molecule has 0 radical (unpaired) electrons. The molecule has 1 aliphatic heterocycles. The molecule has 0 aliphatic carbocycles. The van der Waals surface area contributed by atoms with E-state index < -0.39 is 0 Å². The van der Waals surface area contributed by atoms with Gasteiger partial charge in [-0.1, -0.05) is 0 Å². The van der Waals surface area contributed by atoms with Crippen LogP contribution in [-0.2, 0) is 0 Å². The molecular formula is C8H18N2OS. The molecule has 0 spiro atoms. The minimum atomic E-state index is 0.231. The van der Waals surface area contributed by atoms with Crippen LogP contribution in [0.3, 0.4) is 0 Å². The van der Waals surface area contributed by atoms with Crippen molar-refractivity contribution in [1.29, 1.82) is 0 Å². The van der Waals surface area contributed by atoms with E-state index in [9.17, 15) is 0 Å². The summed E-state index contributed by atoms with van der Waals surface area (Å²) in [6, 6.07) is 0.260. The van der Waals surface area contributed by atoms with Crippen molar-refractivity contribution in [2.45, 2.75) is 18.3 Å². The number of rotatable bonds is 2. The number of aliphatic hydroxyl groups is 1. The Bertz CT molecular complexity index is 143. The van der Waals surface area contributed by atoms with E-state index in [-0.39, 0.29) is 18.0 Å². The van der Waals surface area contributed by atoms with Gasteiger partial charge < -0.3 is 10.0 Å². The molecule has 4 heteroatoms. The van der Waals surface area contributed by atoms with Crippen LogP contribution >= 0.6 is 12.6 Å². The summed E-state index contributed by atoms with van der Waals surface area (Å²) in [6.07, 6.45) is 0. The average Bonchev–Trinajstić information content (AvgIpc) is 2.03. The van der Waals surface area contributed by atoms with Crippen LogP contribution in [0.25, 0.3) is 0 Å². The van der Waals surface area contributed by atoms with Crippen molar-refractivity contribution >= 4 is 12.6 Å². The molecule has 1 aliphatic rings. The van der Waals surface area contributed by atoms with Crippen molar-refractivity contribution < 1.29 is 5.11 Å². The van der Waals surface area contributed by atoms with Crippen LogP contribution in [-0.4, -0.2) is 59.6 Å². The van der Waals surface area contributed by atoms with E-state index >= 15 is 0 Å². The van der Waals surface area contributed by atoms with E-state index in [1.807, 2.05) is 0 Å². The fraction of sp³-hybridized carbons (Fsp3) is 1.00. The lowest BCUT2D eigenvalue weighted by Crippen LogP contribution is -2.55. The van der Waals surface area contributed by atoms with E-state index in [4.69, 9.17) is 5.11 Å². The molecule has 1 unspecified atom stereocenters. The standard InChI is InChI=1S/C8H18N2OS/c1-7(12)10-4-3-9(2)5-8(10)6-11/h7-8,11-12H,3-6H2,1-2H3/t7?,8-/m0/s1. The first-order valence-electron chi connectivity index (χ1n) is 4.38. The first-order chi connectivity index (χ1) is 5.65. The van der Waals surface area contributed by atoms with E-state index in [0.29, 0.717) is 0 Å². The molecule has 1 fully saturated rings. The molecule has 1 saturated heterocycles. The number of thiol groups is 1. The van der Waals surface area contributed by atoms with Crippen LogP contribution in [0, 0.1) is 0 Å². The molecule has 0 aromatic carbocycles. The topological polar surface area (TPSA) is 26.7 Å². The number of hydrogen-bond donors (Lipinski definition) is 2. The number of piperazine rings is 1. The Labute approximate surface area is 79.8 Å². The van der Waals surface area contributed by atoms with Gasteiger partial charge in [0.2, 0.25) is 0 Å². The van der Waals surface area contributed by atoms with Crippen LogP contribution in [0.5, 0.6) is 0 Å². The van der Waals surface area contributed by atoms with Gasteiger partial charge in [-0.25, -0.2) is 0 Å². The highest BCUT2D eigenvalue weighted by molar-refractivity contribution is 7.80. The van der Waals surface area contributed by atoms with Crippen LogP contribution in [0.4, 0.5) is 0 Å². The Morgan fingerprint density at radius 1 is 1.58 bits per heavy atom. The molecule has 0 bridgehead atoms. The first-order valence-corrected chi connectivity index (χ1v) is 4.90. The van der Waals surface area contributed by atoms with E-state index in [1.165, 1.54) is 0 Å². The highest BCUT2D eigenvalue weighted by atomic mass is 32.1. The second-order valence-corrected chi connectivity index (χ2v) is 4.22. The molecule has 72 valence electrons. The Balaban J connectivity index is 2.50. The van der Waals surface area contributed by atoms with Crippen LogP contribution in [0.15, 0.2) is 0 Å². The molecular weight excluding hydrogens is 172 g/mol. The van der Waals surface area contributed by atoms with Gasteiger partial charge >= 0.3 is 0 Å². The second kappa shape index (κ2) is 4.46. The zero-order valence-corrected chi connectivity index (χ0v) is 8.67.